The van der Waals surface area contributed by atoms with E-state index in [-0.39, 0.29) is 5.56 Å². The van der Waals surface area contributed by atoms with Crippen molar-refractivity contribution < 1.29 is 13.2 Å². The van der Waals surface area contributed by atoms with Crippen molar-refractivity contribution in [3.8, 4) is 0 Å². The van der Waals surface area contributed by atoms with Gasteiger partial charge in [-0.05, 0) is 40.0 Å². The molecule has 0 spiro atoms. The van der Waals surface area contributed by atoms with Crippen molar-refractivity contribution >= 4 is 27.1 Å². The first kappa shape index (κ1) is 17.1. The van der Waals surface area contributed by atoms with Gasteiger partial charge >= 0.3 is 6.18 Å². The number of allylic oxidation sites excluding steroid dienone is 2. The average Bonchev–Trinajstić information content (AvgIpc) is 3.35. The van der Waals surface area contributed by atoms with E-state index in [0.717, 1.165) is 0 Å². The lowest BCUT2D eigenvalue weighted by Crippen LogP contribution is -2.33. The van der Waals surface area contributed by atoms with Crippen LogP contribution in [-0.4, -0.2) is 6.18 Å². The van der Waals surface area contributed by atoms with E-state index in [1.165, 1.54) is 0 Å². The second-order valence-corrected chi connectivity index (χ2v) is 7.16. The molecule has 0 nitrogen and oxygen atoms in total. The number of rotatable bonds is 3. The second-order valence-electron chi connectivity index (χ2n) is 6.24. The molecule has 1 aliphatic carbocycles. The molecule has 0 radical (unpaired) electrons. The molecule has 130 valence electrons. The summed E-state index contributed by atoms with van der Waals surface area (Å²) in [6.45, 7) is 0. The number of halogens is 4. The number of hydrogen-bond acceptors (Lipinski definition) is 0. The van der Waals surface area contributed by atoms with E-state index < -0.39 is 11.6 Å². The van der Waals surface area contributed by atoms with Gasteiger partial charge in [0.2, 0.25) is 0 Å². The zero-order valence-electron chi connectivity index (χ0n) is 13.6. The average molecular weight is 415 g/mol. The van der Waals surface area contributed by atoms with Crippen LogP contribution < -0.4 is 0 Å². The quantitative estimate of drug-likeness (QED) is 0.438. The van der Waals surface area contributed by atoms with Crippen LogP contribution in [-0.2, 0) is 5.41 Å². The van der Waals surface area contributed by atoms with Crippen molar-refractivity contribution in [3.05, 3.63) is 106 Å². The summed E-state index contributed by atoms with van der Waals surface area (Å²) in [4.78, 5) is 0. The maximum absolute atomic E-state index is 14.5. The van der Waals surface area contributed by atoms with Crippen molar-refractivity contribution in [2.75, 3.05) is 0 Å². The normalized spacial score (nSPS) is 15.8. The van der Waals surface area contributed by atoms with E-state index in [2.05, 4.69) is 15.9 Å². The maximum atomic E-state index is 14.5. The Morgan fingerprint density at radius 3 is 1.58 bits per heavy atom. The van der Waals surface area contributed by atoms with Crippen LogP contribution in [0.2, 0.25) is 0 Å². The summed E-state index contributed by atoms with van der Waals surface area (Å²) in [5, 5.41) is 0. The molecular formula is C22H14BrF3. The fourth-order valence-corrected chi connectivity index (χ4v) is 4.07. The topological polar surface area (TPSA) is 0 Å². The Morgan fingerprint density at radius 2 is 1.15 bits per heavy atom. The molecule has 4 heteroatoms. The van der Waals surface area contributed by atoms with Crippen LogP contribution >= 0.6 is 15.9 Å². The molecule has 0 fully saturated rings. The van der Waals surface area contributed by atoms with Gasteiger partial charge in [-0.1, -0.05) is 88.7 Å². The van der Waals surface area contributed by atoms with Crippen LogP contribution in [0.3, 0.4) is 0 Å². The van der Waals surface area contributed by atoms with Gasteiger partial charge in [0.05, 0.1) is 0 Å². The van der Waals surface area contributed by atoms with E-state index in [9.17, 15) is 13.2 Å². The molecule has 0 bridgehead atoms. The van der Waals surface area contributed by atoms with E-state index in [4.69, 9.17) is 0 Å². The van der Waals surface area contributed by atoms with Gasteiger partial charge in [0, 0.05) is 4.47 Å². The first-order valence-corrected chi connectivity index (χ1v) is 8.94. The molecular weight excluding hydrogens is 401 g/mol. The molecule has 0 aliphatic heterocycles. The van der Waals surface area contributed by atoms with E-state index in [1.807, 2.05) is 12.1 Å². The highest BCUT2D eigenvalue weighted by atomic mass is 79.9. The third kappa shape index (κ3) is 2.52. The molecule has 4 rings (SSSR count). The summed E-state index contributed by atoms with van der Waals surface area (Å²) in [6, 6.07) is 24.2. The molecule has 3 aromatic carbocycles. The lowest BCUT2D eigenvalue weighted by molar-refractivity contribution is -0.149. The van der Waals surface area contributed by atoms with Crippen molar-refractivity contribution in [2.24, 2.45) is 0 Å². The fraction of sp³-hybridized carbons (Fsp3) is 0.0909. The summed E-state index contributed by atoms with van der Waals surface area (Å²) in [5.74, 6) is 0. The van der Waals surface area contributed by atoms with Crippen molar-refractivity contribution in [2.45, 2.75) is 11.6 Å². The summed E-state index contributed by atoms with van der Waals surface area (Å²) in [6.07, 6.45) is -4.44. The van der Waals surface area contributed by atoms with Gasteiger partial charge in [-0.25, -0.2) is 0 Å². The van der Waals surface area contributed by atoms with Gasteiger partial charge in [0.15, 0.2) is 0 Å². The summed E-state index contributed by atoms with van der Waals surface area (Å²) >= 11 is 3.32. The van der Waals surface area contributed by atoms with Gasteiger partial charge in [-0.2, -0.15) is 13.2 Å². The van der Waals surface area contributed by atoms with Crippen LogP contribution in [0.25, 0.3) is 11.1 Å². The molecule has 0 N–H and O–H groups in total. The van der Waals surface area contributed by atoms with Crippen LogP contribution in [0.4, 0.5) is 13.2 Å². The SMILES string of the molecule is FC(F)(F)C1(c2cccc(Br)c2)C(c2ccccc2)=C1c1ccccc1. The first-order valence-electron chi connectivity index (χ1n) is 8.15. The van der Waals surface area contributed by atoms with Gasteiger partial charge in [-0.3, -0.25) is 0 Å². The molecule has 0 unspecified atom stereocenters. The zero-order chi connectivity index (χ0) is 18.4. The Morgan fingerprint density at radius 1 is 0.654 bits per heavy atom. The Labute approximate surface area is 158 Å². The molecule has 0 atom stereocenters. The van der Waals surface area contributed by atoms with Crippen molar-refractivity contribution in [1.29, 1.82) is 0 Å². The summed E-state index contributed by atoms with van der Waals surface area (Å²) in [7, 11) is 0. The highest BCUT2D eigenvalue weighted by Gasteiger charge is 2.71. The molecule has 0 saturated heterocycles. The third-order valence-corrected chi connectivity index (χ3v) is 5.24. The smallest absolute Gasteiger partial charge is 0.169 e. The Kier molecular flexibility index (Phi) is 4.03. The largest absolute Gasteiger partial charge is 0.406 e. The number of hydrogen-bond donors (Lipinski definition) is 0. The Bertz CT molecular complexity index is 924. The molecule has 0 heterocycles. The van der Waals surface area contributed by atoms with Gasteiger partial charge in [0.25, 0.3) is 0 Å². The molecule has 3 aromatic rings. The molecule has 0 saturated carbocycles. The third-order valence-electron chi connectivity index (χ3n) is 4.75. The minimum atomic E-state index is -4.44. The highest BCUT2D eigenvalue weighted by molar-refractivity contribution is 9.10. The van der Waals surface area contributed by atoms with Gasteiger partial charge < -0.3 is 0 Å². The predicted octanol–water partition coefficient (Wildman–Crippen LogP) is 6.87. The zero-order valence-corrected chi connectivity index (χ0v) is 15.2. The van der Waals surface area contributed by atoms with Crippen LogP contribution in [0.1, 0.15) is 16.7 Å². The highest BCUT2D eigenvalue weighted by Crippen LogP contribution is 2.71. The van der Waals surface area contributed by atoms with E-state index >= 15 is 0 Å². The summed E-state index contributed by atoms with van der Waals surface area (Å²) < 4.78 is 44.2. The molecule has 0 aromatic heterocycles. The van der Waals surface area contributed by atoms with E-state index in [1.54, 1.807) is 72.8 Å². The van der Waals surface area contributed by atoms with Crippen molar-refractivity contribution in [3.63, 3.8) is 0 Å². The Balaban J connectivity index is 2.00. The number of alkyl halides is 3. The fourth-order valence-electron chi connectivity index (χ4n) is 3.67. The molecule has 1 aliphatic rings. The summed E-state index contributed by atoms with van der Waals surface area (Å²) in [5.41, 5.74) is 0.00800. The first-order chi connectivity index (χ1) is 12.5. The van der Waals surface area contributed by atoms with Crippen LogP contribution in [0.15, 0.2) is 89.4 Å². The lowest BCUT2D eigenvalue weighted by atomic mass is 9.84. The van der Waals surface area contributed by atoms with Gasteiger partial charge in [0.1, 0.15) is 5.41 Å². The van der Waals surface area contributed by atoms with Gasteiger partial charge in [-0.15, -0.1) is 0 Å². The number of benzene rings is 3. The Hall–Kier alpha value is -2.33. The second kappa shape index (κ2) is 6.13. The standard InChI is InChI=1S/C22H14BrF3/c23-18-13-7-12-17(14-18)21(22(24,25)26)19(15-8-3-1-4-9-15)20(21)16-10-5-2-6-11-16/h1-14H. The van der Waals surface area contributed by atoms with Crippen LogP contribution in [0, 0.1) is 0 Å². The predicted molar refractivity (Wildman–Crippen MR) is 102 cm³/mol. The maximum Gasteiger partial charge on any atom is 0.406 e. The van der Waals surface area contributed by atoms with Crippen LogP contribution in [0.5, 0.6) is 0 Å². The molecule has 0 amide bonds. The van der Waals surface area contributed by atoms with E-state index in [0.29, 0.717) is 26.7 Å². The minimum absolute atomic E-state index is 0.233. The minimum Gasteiger partial charge on any atom is -0.169 e. The lowest BCUT2D eigenvalue weighted by Gasteiger charge is -2.25. The van der Waals surface area contributed by atoms with Crippen molar-refractivity contribution in [1.82, 2.24) is 0 Å². The monoisotopic (exact) mass is 414 g/mol. The molecule has 26 heavy (non-hydrogen) atoms.